The lowest BCUT2D eigenvalue weighted by Gasteiger charge is -2.29. The molecule has 2 atom stereocenters. The van der Waals surface area contributed by atoms with E-state index in [1.54, 1.807) is 11.9 Å². The molecule has 0 aromatic rings. The zero-order valence-corrected chi connectivity index (χ0v) is 11.2. The van der Waals surface area contributed by atoms with Crippen LogP contribution in [0.5, 0.6) is 0 Å². The average molecular weight is 254 g/mol. The molecule has 2 amide bonds. The second-order valence-electron chi connectivity index (χ2n) is 4.84. The first-order valence-electron chi connectivity index (χ1n) is 6.25. The molecule has 1 aliphatic rings. The molecule has 0 aromatic carbocycles. The highest BCUT2D eigenvalue weighted by Gasteiger charge is 2.35. The van der Waals surface area contributed by atoms with E-state index < -0.39 is 6.04 Å². The Hall–Kier alpha value is -1.59. The summed E-state index contributed by atoms with van der Waals surface area (Å²) in [6, 6.07) is -0.620. The van der Waals surface area contributed by atoms with Gasteiger partial charge in [-0.2, -0.15) is 0 Å². The summed E-state index contributed by atoms with van der Waals surface area (Å²) >= 11 is 0. The number of hydrogen-bond acceptors (Lipinski definition) is 3. The zero-order chi connectivity index (χ0) is 13.7. The van der Waals surface area contributed by atoms with Crippen LogP contribution in [0.1, 0.15) is 26.7 Å². The fourth-order valence-electron chi connectivity index (χ4n) is 2.29. The Morgan fingerprint density at radius 1 is 1.56 bits per heavy atom. The normalized spacial score (nSPS) is 22.1. The van der Waals surface area contributed by atoms with E-state index in [0.29, 0.717) is 18.8 Å². The highest BCUT2D eigenvalue weighted by molar-refractivity contribution is 5.93. The van der Waals surface area contributed by atoms with Crippen molar-refractivity contribution >= 4 is 18.2 Å². The average Bonchev–Trinajstić information content (AvgIpc) is 2.82. The molecule has 1 heterocycles. The highest BCUT2D eigenvalue weighted by Crippen LogP contribution is 2.20. The third-order valence-electron chi connectivity index (χ3n) is 3.32. The molecule has 6 nitrogen and oxygen atoms in total. The second kappa shape index (κ2) is 6.37. The summed E-state index contributed by atoms with van der Waals surface area (Å²) in [5, 5.41) is 2.58. The van der Waals surface area contributed by atoms with Gasteiger partial charge in [0, 0.05) is 13.6 Å². The van der Waals surface area contributed by atoms with Gasteiger partial charge in [0.2, 0.25) is 12.3 Å². The van der Waals surface area contributed by atoms with Crippen molar-refractivity contribution < 1.29 is 9.59 Å². The predicted octanol–water partition coefficient (Wildman–Crippen LogP) is -0.265. The lowest BCUT2D eigenvalue weighted by Crippen LogP contribution is -2.53. The van der Waals surface area contributed by atoms with Crippen molar-refractivity contribution in [2.45, 2.75) is 38.8 Å². The van der Waals surface area contributed by atoms with Crippen molar-refractivity contribution in [1.29, 1.82) is 0 Å². The van der Waals surface area contributed by atoms with Gasteiger partial charge in [0.15, 0.2) is 0 Å². The van der Waals surface area contributed by atoms with E-state index >= 15 is 0 Å². The van der Waals surface area contributed by atoms with E-state index in [1.807, 2.05) is 13.8 Å². The van der Waals surface area contributed by atoms with Gasteiger partial charge in [0.05, 0.1) is 6.04 Å². The molecule has 2 unspecified atom stereocenters. The van der Waals surface area contributed by atoms with Crippen LogP contribution < -0.4 is 11.1 Å². The first-order chi connectivity index (χ1) is 8.52. The minimum atomic E-state index is -0.493. The smallest absolute Gasteiger partial charge is 0.246 e. The molecule has 0 bridgehead atoms. The maximum Gasteiger partial charge on any atom is 0.246 e. The van der Waals surface area contributed by atoms with Crippen molar-refractivity contribution in [2.24, 2.45) is 16.6 Å². The Morgan fingerprint density at radius 2 is 2.22 bits per heavy atom. The minimum Gasteiger partial charge on any atom is -0.386 e. The topological polar surface area (TPSA) is 87.8 Å². The van der Waals surface area contributed by atoms with Crippen LogP contribution in [0.15, 0.2) is 4.99 Å². The molecule has 0 aliphatic carbocycles. The van der Waals surface area contributed by atoms with Crippen LogP contribution >= 0.6 is 0 Å². The number of rotatable bonds is 5. The third kappa shape index (κ3) is 3.00. The van der Waals surface area contributed by atoms with Crippen molar-refractivity contribution in [3.8, 4) is 0 Å². The predicted molar refractivity (Wildman–Crippen MR) is 70.1 cm³/mol. The number of carbonyl (C=O) groups is 2. The summed E-state index contributed by atoms with van der Waals surface area (Å²) in [7, 11) is 1.62. The molecule has 1 saturated heterocycles. The van der Waals surface area contributed by atoms with E-state index in [0.717, 1.165) is 12.8 Å². The molecule has 6 heteroatoms. The number of nitrogens with zero attached hydrogens (tertiary/aromatic N) is 2. The summed E-state index contributed by atoms with van der Waals surface area (Å²) in [6.07, 6.45) is 2.32. The summed E-state index contributed by atoms with van der Waals surface area (Å²) in [5.41, 5.74) is 5.82. The quantitative estimate of drug-likeness (QED) is 0.402. The van der Waals surface area contributed by atoms with Crippen LogP contribution in [-0.2, 0) is 9.59 Å². The SMILES string of the molecule is CN=C(N)C1CCCN1C(=O)C(NC=O)C(C)C. The number of likely N-dealkylation sites (tertiary alicyclic amines) is 1. The number of nitrogens with one attached hydrogen (secondary N) is 1. The first kappa shape index (κ1) is 14.5. The van der Waals surface area contributed by atoms with Crippen molar-refractivity contribution in [3.05, 3.63) is 0 Å². The summed E-state index contributed by atoms with van der Waals surface area (Å²) in [6.45, 7) is 4.48. The van der Waals surface area contributed by atoms with E-state index in [4.69, 9.17) is 5.73 Å². The maximum atomic E-state index is 12.4. The largest absolute Gasteiger partial charge is 0.386 e. The molecule has 102 valence electrons. The fraction of sp³-hybridized carbons (Fsp3) is 0.750. The Kier molecular flexibility index (Phi) is 5.12. The lowest BCUT2D eigenvalue weighted by molar-refractivity contribution is -0.135. The van der Waals surface area contributed by atoms with Crippen LogP contribution in [0.2, 0.25) is 0 Å². The second-order valence-corrected chi connectivity index (χ2v) is 4.84. The molecule has 3 N–H and O–H groups in total. The van der Waals surface area contributed by atoms with Crippen LogP contribution in [0.25, 0.3) is 0 Å². The fourth-order valence-corrected chi connectivity index (χ4v) is 2.29. The summed E-state index contributed by atoms with van der Waals surface area (Å²) in [4.78, 5) is 28.7. The van der Waals surface area contributed by atoms with E-state index in [9.17, 15) is 9.59 Å². The standard InChI is InChI=1S/C12H22N4O2/c1-8(2)10(15-7-17)12(18)16-6-4-5-9(16)11(13)14-3/h7-10H,4-6H2,1-3H3,(H2,13,14)(H,15,17). The molecule has 1 fully saturated rings. The van der Waals surface area contributed by atoms with E-state index in [1.165, 1.54) is 0 Å². The van der Waals surface area contributed by atoms with Crippen LogP contribution in [0.4, 0.5) is 0 Å². The van der Waals surface area contributed by atoms with Gasteiger partial charge in [0.25, 0.3) is 0 Å². The van der Waals surface area contributed by atoms with Gasteiger partial charge in [-0.25, -0.2) is 0 Å². The zero-order valence-electron chi connectivity index (χ0n) is 11.2. The number of amidine groups is 1. The van der Waals surface area contributed by atoms with Crippen LogP contribution in [0.3, 0.4) is 0 Å². The van der Waals surface area contributed by atoms with Crippen molar-refractivity contribution in [1.82, 2.24) is 10.2 Å². The van der Waals surface area contributed by atoms with E-state index in [2.05, 4.69) is 10.3 Å². The van der Waals surface area contributed by atoms with Gasteiger partial charge in [-0.1, -0.05) is 13.8 Å². The van der Waals surface area contributed by atoms with Crippen molar-refractivity contribution in [3.63, 3.8) is 0 Å². The van der Waals surface area contributed by atoms with Gasteiger partial charge >= 0.3 is 0 Å². The number of hydrogen-bond donors (Lipinski definition) is 2. The molecule has 18 heavy (non-hydrogen) atoms. The van der Waals surface area contributed by atoms with E-state index in [-0.39, 0.29) is 17.9 Å². The lowest BCUT2D eigenvalue weighted by atomic mass is 10.0. The van der Waals surface area contributed by atoms with Gasteiger partial charge in [0.1, 0.15) is 11.9 Å². The number of nitrogens with two attached hydrogens (primary N) is 1. The monoisotopic (exact) mass is 254 g/mol. The number of amides is 2. The molecule has 1 rings (SSSR count). The molecular weight excluding hydrogens is 232 g/mol. The van der Waals surface area contributed by atoms with Gasteiger partial charge in [-0.3, -0.25) is 14.6 Å². The van der Waals surface area contributed by atoms with Gasteiger partial charge < -0.3 is 16.0 Å². The molecule has 0 saturated carbocycles. The minimum absolute atomic E-state index is 0.0451. The molecule has 0 spiro atoms. The van der Waals surface area contributed by atoms with Crippen molar-refractivity contribution in [2.75, 3.05) is 13.6 Å². The number of aliphatic imine (C=N–C) groups is 1. The Balaban J connectivity index is 2.83. The Labute approximate surface area is 108 Å². The van der Waals surface area contributed by atoms with Gasteiger partial charge in [-0.05, 0) is 18.8 Å². The maximum absolute atomic E-state index is 12.4. The van der Waals surface area contributed by atoms with Gasteiger partial charge in [-0.15, -0.1) is 0 Å². The Bertz CT molecular complexity index is 341. The first-order valence-corrected chi connectivity index (χ1v) is 6.25. The molecular formula is C12H22N4O2. The summed E-state index contributed by atoms with van der Waals surface area (Å²) < 4.78 is 0. The van der Waals surface area contributed by atoms with Crippen LogP contribution in [0, 0.1) is 5.92 Å². The Morgan fingerprint density at radius 3 is 2.72 bits per heavy atom. The number of carbonyl (C=O) groups excluding carboxylic acids is 2. The molecule has 0 aromatic heterocycles. The van der Waals surface area contributed by atoms with Crippen LogP contribution in [-0.4, -0.2) is 48.7 Å². The highest BCUT2D eigenvalue weighted by atomic mass is 16.2. The third-order valence-corrected chi connectivity index (χ3v) is 3.32. The summed E-state index contributed by atoms with van der Waals surface area (Å²) in [5.74, 6) is 0.449. The molecule has 1 aliphatic heterocycles. The molecule has 0 radical (unpaired) electrons.